The van der Waals surface area contributed by atoms with Gasteiger partial charge in [0.15, 0.2) is 5.78 Å². The minimum atomic E-state index is -0.442. The number of hydrogen-bond donors (Lipinski definition) is 1. The molecule has 1 N–H and O–H groups in total. The van der Waals surface area contributed by atoms with Gasteiger partial charge in [0.25, 0.3) is 5.69 Å². The number of allylic oxidation sites excluding steroid dienone is 1. The molecule has 0 spiro atoms. The average molecular weight is 232 g/mol. The van der Waals surface area contributed by atoms with Gasteiger partial charge in [-0.1, -0.05) is 0 Å². The van der Waals surface area contributed by atoms with Crippen molar-refractivity contribution in [2.75, 3.05) is 5.32 Å². The molecule has 2 rings (SSSR count). The summed E-state index contributed by atoms with van der Waals surface area (Å²) in [5.41, 5.74) is 1.59. The van der Waals surface area contributed by atoms with E-state index < -0.39 is 4.92 Å². The van der Waals surface area contributed by atoms with Crippen molar-refractivity contribution in [1.29, 1.82) is 0 Å². The molecule has 5 heteroatoms. The number of nitrogens with zero attached hydrogens (tertiary/aromatic N) is 1. The number of carbonyl (C=O) groups is 1. The van der Waals surface area contributed by atoms with Gasteiger partial charge in [0.1, 0.15) is 0 Å². The standard InChI is InChI=1S/C12H12N2O3/c15-12-3-1-2-9(12)8-13-10-4-6-11(7-5-10)14(16)17/h4-8,13H,1-3H2/b9-8-. The number of carbonyl (C=O) groups excluding carboxylic acids is 1. The molecule has 0 bridgehead atoms. The van der Waals surface area contributed by atoms with E-state index in [4.69, 9.17) is 0 Å². The highest BCUT2D eigenvalue weighted by Gasteiger charge is 2.16. The van der Waals surface area contributed by atoms with Gasteiger partial charge in [-0.3, -0.25) is 14.9 Å². The number of non-ortho nitro benzene ring substituents is 1. The van der Waals surface area contributed by atoms with Crippen molar-refractivity contribution in [3.8, 4) is 0 Å². The number of anilines is 1. The van der Waals surface area contributed by atoms with E-state index in [0.29, 0.717) is 6.42 Å². The molecule has 1 aromatic rings. The Morgan fingerprint density at radius 1 is 1.24 bits per heavy atom. The van der Waals surface area contributed by atoms with Crippen molar-refractivity contribution in [2.45, 2.75) is 19.3 Å². The van der Waals surface area contributed by atoms with Crippen LogP contribution in [0, 0.1) is 10.1 Å². The molecule has 0 unspecified atom stereocenters. The van der Waals surface area contributed by atoms with Gasteiger partial charge in [-0.25, -0.2) is 0 Å². The molecular formula is C12H12N2O3. The topological polar surface area (TPSA) is 72.2 Å². The van der Waals surface area contributed by atoms with E-state index in [9.17, 15) is 14.9 Å². The number of benzene rings is 1. The fourth-order valence-electron chi connectivity index (χ4n) is 1.74. The molecule has 0 aromatic heterocycles. The maximum absolute atomic E-state index is 11.3. The van der Waals surface area contributed by atoms with E-state index >= 15 is 0 Å². The molecule has 1 aliphatic rings. The average Bonchev–Trinajstić information content (AvgIpc) is 2.73. The Kier molecular flexibility index (Phi) is 3.18. The van der Waals surface area contributed by atoms with Gasteiger partial charge in [-0.2, -0.15) is 0 Å². The van der Waals surface area contributed by atoms with Crippen molar-refractivity contribution < 1.29 is 9.72 Å². The van der Waals surface area contributed by atoms with Crippen LogP contribution in [-0.4, -0.2) is 10.7 Å². The summed E-state index contributed by atoms with van der Waals surface area (Å²) < 4.78 is 0. The minimum absolute atomic E-state index is 0.0557. The largest absolute Gasteiger partial charge is 0.361 e. The molecule has 1 fully saturated rings. The van der Waals surface area contributed by atoms with Crippen LogP contribution in [0.5, 0.6) is 0 Å². The Bertz CT molecular complexity index is 477. The first-order valence-electron chi connectivity index (χ1n) is 5.40. The second-order valence-corrected chi connectivity index (χ2v) is 3.89. The zero-order valence-corrected chi connectivity index (χ0v) is 9.18. The number of Topliss-reactive ketones (excluding diaryl/α,β-unsaturated/α-hetero) is 1. The molecule has 0 aliphatic heterocycles. The molecule has 5 nitrogen and oxygen atoms in total. The van der Waals surface area contributed by atoms with E-state index in [-0.39, 0.29) is 11.5 Å². The number of nitrogens with one attached hydrogen (secondary N) is 1. The monoisotopic (exact) mass is 232 g/mol. The van der Waals surface area contributed by atoms with E-state index in [1.807, 2.05) is 0 Å². The number of ketones is 1. The molecule has 17 heavy (non-hydrogen) atoms. The number of hydrogen-bond acceptors (Lipinski definition) is 4. The molecule has 0 amide bonds. The third kappa shape index (κ3) is 2.69. The highest BCUT2D eigenvalue weighted by atomic mass is 16.6. The van der Waals surface area contributed by atoms with Crippen LogP contribution >= 0.6 is 0 Å². The SMILES string of the molecule is O=C1CCC/C1=C/Nc1ccc([N+](=O)[O-])cc1. The second-order valence-electron chi connectivity index (χ2n) is 3.89. The molecule has 88 valence electrons. The van der Waals surface area contributed by atoms with Crippen molar-refractivity contribution in [2.24, 2.45) is 0 Å². The van der Waals surface area contributed by atoms with Gasteiger partial charge in [0.05, 0.1) is 4.92 Å². The molecule has 1 aromatic carbocycles. The van der Waals surface area contributed by atoms with Gasteiger partial charge >= 0.3 is 0 Å². The van der Waals surface area contributed by atoms with Gasteiger partial charge in [-0.05, 0) is 25.0 Å². The predicted molar refractivity (Wildman–Crippen MR) is 63.7 cm³/mol. The van der Waals surface area contributed by atoms with Crippen LogP contribution in [0.2, 0.25) is 0 Å². The first-order valence-corrected chi connectivity index (χ1v) is 5.40. The summed E-state index contributed by atoms with van der Waals surface area (Å²) >= 11 is 0. The van der Waals surface area contributed by atoms with E-state index in [2.05, 4.69) is 5.32 Å². The van der Waals surface area contributed by atoms with Crippen LogP contribution in [-0.2, 0) is 4.79 Å². The normalized spacial score (nSPS) is 17.4. The Morgan fingerprint density at radius 3 is 2.47 bits per heavy atom. The van der Waals surface area contributed by atoms with Crippen LogP contribution < -0.4 is 5.32 Å². The van der Waals surface area contributed by atoms with Gasteiger partial charge in [0.2, 0.25) is 0 Å². The van der Waals surface area contributed by atoms with Crippen molar-refractivity contribution >= 4 is 17.2 Å². The first-order chi connectivity index (χ1) is 8.16. The Balaban J connectivity index is 2.04. The van der Waals surface area contributed by atoms with Crippen LogP contribution in [0.1, 0.15) is 19.3 Å². The first kappa shape index (κ1) is 11.3. The summed E-state index contributed by atoms with van der Waals surface area (Å²) in [7, 11) is 0. The van der Waals surface area contributed by atoms with E-state index in [1.54, 1.807) is 18.3 Å². The molecule has 0 saturated heterocycles. The maximum atomic E-state index is 11.3. The highest BCUT2D eigenvalue weighted by Crippen LogP contribution is 2.21. The maximum Gasteiger partial charge on any atom is 0.269 e. The fraction of sp³-hybridized carbons (Fsp3) is 0.250. The zero-order valence-electron chi connectivity index (χ0n) is 9.18. The van der Waals surface area contributed by atoms with Crippen LogP contribution in [0.25, 0.3) is 0 Å². The molecule has 1 aliphatic carbocycles. The lowest BCUT2D eigenvalue weighted by Crippen LogP contribution is -1.96. The highest BCUT2D eigenvalue weighted by molar-refractivity contribution is 5.97. The van der Waals surface area contributed by atoms with Crippen LogP contribution in [0.4, 0.5) is 11.4 Å². The summed E-state index contributed by atoms with van der Waals surface area (Å²) in [4.78, 5) is 21.4. The zero-order chi connectivity index (χ0) is 12.3. The third-order valence-corrected chi connectivity index (χ3v) is 2.70. The summed E-state index contributed by atoms with van der Waals surface area (Å²) in [6.45, 7) is 0. The quantitative estimate of drug-likeness (QED) is 0.494. The molecule has 0 radical (unpaired) electrons. The van der Waals surface area contributed by atoms with Gasteiger partial charge in [0, 0.05) is 36.0 Å². The lowest BCUT2D eigenvalue weighted by Gasteiger charge is -2.01. The Labute approximate surface area is 98.3 Å². The summed E-state index contributed by atoms with van der Waals surface area (Å²) in [5.74, 6) is 0.180. The lowest BCUT2D eigenvalue weighted by molar-refractivity contribution is -0.384. The van der Waals surface area contributed by atoms with Crippen LogP contribution in [0.3, 0.4) is 0 Å². The minimum Gasteiger partial charge on any atom is -0.361 e. The summed E-state index contributed by atoms with van der Waals surface area (Å²) in [5, 5.41) is 13.4. The Morgan fingerprint density at radius 2 is 1.94 bits per heavy atom. The number of nitro benzene ring substituents is 1. The van der Waals surface area contributed by atoms with E-state index in [0.717, 1.165) is 24.1 Å². The van der Waals surface area contributed by atoms with Gasteiger partial charge < -0.3 is 5.32 Å². The number of nitro groups is 1. The Hall–Kier alpha value is -2.17. The van der Waals surface area contributed by atoms with Crippen LogP contribution in [0.15, 0.2) is 36.0 Å². The van der Waals surface area contributed by atoms with E-state index in [1.165, 1.54) is 12.1 Å². The molecular weight excluding hydrogens is 220 g/mol. The number of rotatable bonds is 3. The van der Waals surface area contributed by atoms with Gasteiger partial charge in [-0.15, -0.1) is 0 Å². The fourth-order valence-corrected chi connectivity index (χ4v) is 1.74. The van der Waals surface area contributed by atoms with Crippen molar-refractivity contribution in [3.05, 3.63) is 46.2 Å². The molecule has 1 saturated carbocycles. The smallest absolute Gasteiger partial charge is 0.269 e. The van der Waals surface area contributed by atoms with Crippen molar-refractivity contribution in [1.82, 2.24) is 0 Å². The third-order valence-electron chi connectivity index (χ3n) is 2.70. The molecule has 0 heterocycles. The summed E-state index contributed by atoms with van der Waals surface area (Å²) in [6.07, 6.45) is 4.02. The van der Waals surface area contributed by atoms with Crippen molar-refractivity contribution in [3.63, 3.8) is 0 Å². The lowest BCUT2D eigenvalue weighted by atomic mass is 10.2. The second kappa shape index (κ2) is 4.78. The predicted octanol–water partition coefficient (Wildman–Crippen LogP) is 2.64. The summed E-state index contributed by atoms with van der Waals surface area (Å²) in [6, 6.07) is 6.10. The molecule has 0 atom stereocenters.